The summed E-state index contributed by atoms with van der Waals surface area (Å²) in [7, 11) is -3.71. The van der Waals surface area contributed by atoms with Crippen molar-refractivity contribution >= 4 is 16.0 Å². The summed E-state index contributed by atoms with van der Waals surface area (Å²) in [5.41, 5.74) is 0.860. The Hall–Kier alpha value is -1.60. The van der Waals surface area contributed by atoms with Crippen LogP contribution in [-0.4, -0.2) is 32.1 Å². The summed E-state index contributed by atoms with van der Waals surface area (Å²) in [6.07, 6.45) is 0.869. The molecule has 0 saturated carbocycles. The number of hydrogen-bond acceptors (Lipinski definition) is 4. The topological polar surface area (TPSA) is 92.7 Å². The van der Waals surface area contributed by atoms with Gasteiger partial charge in [0.15, 0.2) is 0 Å². The van der Waals surface area contributed by atoms with Gasteiger partial charge in [-0.1, -0.05) is 6.92 Å². The van der Waals surface area contributed by atoms with Gasteiger partial charge < -0.3 is 9.84 Å². The lowest BCUT2D eigenvalue weighted by atomic mass is 10.2. The summed E-state index contributed by atoms with van der Waals surface area (Å²) >= 11 is 0. The van der Waals surface area contributed by atoms with E-state index in [0.29, 0.717) is 25.2 Å². The van der Waals surface area contributed by atoms with E-state index >= 15 is 0 Å². The summed E-state index contributed by atoms with van der Waals surface area (Å²) in [6.45, 7) is 2.30. The Kier molecular flexibility index (Phi) is 4.29. The van der Waals surface area contributed by atoms with Crippen molar-refractivity contribution < 1.29 is 23.1 Å². The van der Waals surface area contributed by atoms with Crippen LogP contribution in [0.15, 0.2) is 23.1 Å². The molecule has 7 heteroatoms. The van der Waals surface area contributed by atoms with E-state index in [4.69, 9.17) is 9.84 Å². The Labute approximate surface area is 117 Å². The van der Waals surface area contributed by atoms with Gasteiger partial charge in [0.25, 0.3) is 0 Å². The van der Waals surface area contributed by atoms with Gasteiger partial charge in [-0.3, -0.25) is 4.79 Å². The highest BCUT2D eigenvalue weighted by Gasteiger charge is 2.23. The van der Waals surface area contributed by atoms with Crippen LogP contribution in [0.1, 0.15) is 25.3 Å². The SMILES string of the molecule is CCC(CC(=O)O)NS(=O)(=O)c1ccc2c(c1)CCO2. The van der Waals surface area contributed by atoms with Crippen molar-refractivity contribution in [2.45, 2.75) is 37.1 Å². The molecule has 0 spiro atoms. The second-order valence-electron chi connectivity index (χ2n) is 4.69. The standard InChI is InChI=1S/C13H17NO5S/c1-2-10(8-13(15)16)14-20(17,18)11-3-4-12-9(7-11)5-6-19-12/h3-4,7,10,14H,2,5-6,8H2,1H3,(H,15,16). The first kappa shape index (κ1) is 14.8. The van der Waals surface area contributed by atoms with Gasteiger partial charge in [-0.15, -0.1) is 0 Å². The molecule has 1 aromatic rings. The van der Waals surface area contributed by atoms with Gasteiger partial charge in [0.2, 0.25) is 10.0 Å². The van der Waals surface area contributed by atoms with E-state index in [0.717, 1.165) is 5.56 Å². The average molecular weight is 299 g/mol. The van der Waals surface area contributed by atoms with Crippen molar-refractivity contribution in [3.8, 4) is 5.75 Å². The summed E-state index contributed by atoms with van der Waals surface area (Å²) in [4.78, 5) is 10.8. The molecule has 110 valence electrons. The smallest absolute Gasteiger partial charge is 0.304 e. The molecule has 2 rings (SSSR count). The molecule has 1 heterocycles. The number of aliphatic carboxylic acids is 1. The molecule has 0 saturated heterocycles. The second-order valence-corrected chi connectivity index (χ2v) is 6.41. The van der Waals surface area contributed by atoms with E-state index in [1.807, 2.05) is 0 Å². The van der Waals surface area contributed by atoms with Crippen molar-refractivity contribution in [1.82, 2.24) is 4.72 Å². The minimum Gasteiger partial charge on any atom is -0.493 e. The number of carboxylic acid groups (broad SMARTS) is 1. The molecule has 6 nitrogen and oxygen atoms in total. The fourth-order valence-corrected chi connectivity index (χ4v) is 3.47. The number of nitrogens with one attached hydrogen (secondary N) is 1. The maximum absolute atomic E-state index is 12.2. The minimum absolute atomic E-state index is 0.144. The van der Waals surface area contributed by atoms with Crippen molar-refractivity contribution in [2.75, 3.05) is 6.61 Å². The van der Waals surface area contributed by atoms with Crippen LogP contribution in [0, 0.1) is 0 Å². The number of sulfonamides is 1. The van der Waals surface area contributed by atoms with Crippen molar-refractivity contribution in [1.29, 1.82) is 0 Å². The lowest BCUT2D eigenvalue weighted by Crippen LogP contribution is -2.36. The minimum atomic E-state index is -3.71. The van der Waals surface area contributed by atoms with E-state index in [1.165, 1.54) is 6.07 Å². The number of rotatable bonds is 6. The molecule has 1 aliphatic heterocycles. The van der Waals surface area contributed by atoms with Gasteiger partial charge in [-0.05, 0) is 30.2 Å². The first-order valence-electron chi connectivity index (χ1n) is 6.42. The van der Waals surface area contributed by atoms with Crippen LogP contribution in [0.2, 0.25) is 0 Å². The lowest BCUT2D eigenvalue weighted by molar-refractivity contribution is -0.137. The van der Waals surface area contributed by atoms with Gasteiger partial charge in [0, 0.05) is 12.5 Å². The van der Waals surface area contributed by atoms with Crippen LogP contribution < -0.4 is 9.46 Å². The van der Waals surface area contributed by atoms with Gasteiger partial charge in [-0.25, -0.2) is 13.1 Å². The summed E-state index contributed by atoms with van der Waals surface area (Å²) in [5.74, 6) is -0.316. The summed E-state index contributed by atoms with van der Waals surface area (Å²) < 4.78 is 32.2. The molecule has 0 fully saturated rings. The Bertz CT molecular complexity index is 611. The molecule has 0 aromatic heterocycles. The molecule has 1 aliphatic rings. The molecule has 1 aromatic carbocycles. The lowest BCUT2D eigenvalue weighted by Gasteiger charge is -2.15. The van der Waals surface area contributed by atoms with Crippen molar-refractivity contribution in [2.24, 2.45) is 0 Å². The van der Waals surface area contributed by atoms with Gasteiger partial charge in [-0.2, -0.15) is 0 Å². The van der Waals surface area contributed by atoms with Gasteiger partial charge in [0.05, 0.1) is 17.9 Å². The molecule has 0 amide bonds. The van der Waals surface area contributed by atoms with Crippen LogP contribution in [0.5, 0.6) is 5.75 Å². The molecule has 0 bridgehead atoms. The predicted octanol–water partition coefficient (Wildman–Crippen LogP) is 1.15. The maximum atomic E-state index is 12.2. The monoisotopic (exact) mass is 299 g/mol. The Morgan fingerprint density at radius 1 is 1.50 bits per heavy atom. The molecule has 20 heavy (non-hydrogen) atoms. The molecule has 0 aliphatic carbocycles. The van der Waals surface area contributed by atoms with Crippen LogP contribution >= 0.6 is 0 Å². The first-order chi connectivity index (χ1) is 9.42. The molecule has 1 unspecified atom stereocenters. The summed E-state index contributed by atoms with van der Waals surface area (Å²) in [5, 5.41) is 8.76. The summed E-state index contributed by atoms with van der Waals surface area (Å²) in [6, 6.07) is 4.08. The third-order valence-corrected chi connectivity index (χ3v) is 4.73. The average Bonchev–Trinajstić information content (AvgIpc) is 2.84. The Morgan fingerprint density at radius 2 is 2.25 bits per heavy atom. The highest BCUT2D eigenvalue weighted by atomic mass is 32.2. The fourth-order valence-electron chi connectivity index (χ4n) is 2.10. The molecule has 2 N–H and O–H groups in total. The number of ether oxygens (including phenoxy) is 1. The largest absolute Gasteiger partial charge is 0.493 e. The highest BCUT2D eigenvalue weighted by molar-refractivity contribution is 7.89. The van der Waals surface area contributed by atoms with Gasteiger partial charge >= 0.3 is 5.97 Å². The number of carboxylic acids is 1. The van der Waals surface area contributed by atoms with Gasteiger partial charge in [0.1, 0.15) is 5.75 Å². The Balaban J connectivity index is 2.19. The molecule has 0 radical (unpaired) electrons. The predicted molar refractivity (Wildman–Crippen MR) is 72.3 cm³/mol. The van der Waals surface area contributed by atoms with Crippen LogP contribution in [-0.2, 0) is 21.2 Å². The third kappa shape index (κ3) is 3.29. The van der Waals surface area contributed by atoms with Crippen LogP contribution in [0.4, 0.5) is 0 Å². The van der Waals surface area contributed by atoms with E-state index < -0.39 is 22.0 Å². The normalized spacial score (nSPS) is 15.4. The second kappa shape index (κ2) is 5.80. The van der Waals surface area contributed by atoms with Crippen molar-refractivity contribution in [3.05, 3.63) is 23.8 Å². The van der Waals surface area contributed by atoms with E-state index in [9.17, 15) is 13.2 Å². The fraction of sp³-hybridized carbons (Fsp3) is 0.462. The molecular weight excluding hydrogens is 282 g/mol. The van der Waals surface area contributed by atoms with E-state index in [2.05, 4.69) is 4.72 Å². The quantitative estimate of drug-likeness (QED) is 0.822. The zero-order chi connectivity index (χ0) is 14.8. The molecule has 1 atom stereocenters. The number of fused-ring (bicyclic) bond motifs is 1. The Morgan fingerprint density at radius 3 is 2.90 bits per heavy atom. The number of hydrogen-bond donors (Lipinski definition) is 2. The molecular formula is C13H17NO5S. The van der Waals surface area contributed by atoms with E-state index in [-0.39, 0.29) is 11.3 Å². The number of benzene rings is 1. The van der Waals surface area contributed by atoms with E-state index in [1.54, 1.807) is 19.1 Å². The highest BCUT2D eigenvalue weighted by Crippen LogP contribution is 2.27. The number of carbonyl (C=O) groups is 1. The first-order valence-corrected chi connectivity index (χ1v) is 7.90. The zero-order valence-electron chi connectivity index (χ0n) is 11.1. The zero-order valence-corrected chi connectivity index (χ0v) is 11.9. The van der Waals surface area contributed by atoms with Crippen molar-refractivity contribution in [3.63, 3.8) is 0 Å². The van der Waals surface area contributed by atoms with Crippen LogP contribution in [0.25, 0.3) is 0 Å². The maximum Gasteiger partial charge on any atom is 0.304 e. The third-order valence-electron chi connectivity index (χ3n) is 3.21. The van der Waals surface area contributed by atoms with Crippen LogP contribution in [0.3, 0.4) is 0 Å².